The number of sulfonamides is 1. The van der Waals surface area contributed by atoms with Crippen molar-refractivity contribution in [3.8, 4) is 0 Å². The minimum Gasteiger partial charge on any atom is -0.477 e. The molecule has 20 heavy (non-hydrogen) atoms. The van der Waals surface area contributed by atoms with Crippen LogP contribution in [0.3, 0.4) is 0 Å². The third kappa shape index (κ3) is 2.41. The summed E-state index contributed by atoms with van der Waals surface area (Å²) in [6.07, 6.45) is 2.99. The van der Waals surface area contributed by atoms with Gasteiger partial charge in [0.15, 0.2) is 0 Å². The van der Waals surface area contributed by atoms with Gasteiger partial charge in [0, 0.05) is 20.3 Å². The molecule has 0 aromatic carbocycles. The molecule has 1 N–H and O–H groups in total. The number of carbonyl (C=O) groups is 1. The van der Waals surface area contributed by atoms with Crippen LogP contribution in [0.1, 0.15) is 15.2 Å². The van der Waals surface area contributed by atoms with Crippen molar-refractivity contribution < 1.29 is 18.3 Å². The molecule has 0 unspecified atom stereocenters. The van der Waals surface area contributed by atoms with Crippen molar-refractivity contribution in [2.24, 2.45) is 7.05 Å². The largest absolute Gasteiger partial charge is 0.477 e. The van der Waals surface area contributed by atoms with Crippen LogP contribution >= 0.6 is 11.3 Å². The van der Waals surface area contributed by atoms with Crippen molar-refractivity contribution >= 4 is 33.0 Å². The van der Waals surface area contributed by atoms with E-state index in [9.17, 15) is 13.2 Å². The number of carboxylic acids is 1. The van der Waals surface area contributed by atoms with Gasteiger partial charge in [-0.2, -0.15) is 5.10 Å². The van der Waals surface area contributed by atoms with Crippen LogP contribution in [0.25, 0.3) is 0 Å². The van der Waals surface area contributed by atoms with Crippen molar-refractivity contribution in [2.75, 3.05) is 11.4 Å². The Bertz CT molecular complexity index is 760. The van der Waals surface area contributed by atoms with E-state index < -0.39 is 16.0 Å². The first-order chi connectivity index (χ1) is 9.23. The van der Waals surface area contributed by atoms with Crippen LogP contribution in [0.5, 0.6) is 0 Å². The van der Waals surface area contributed by atoms with Crippen LogP contribution in [0, 0.1) is 6.92 Å². The van der Waals surface area contributed by atoms with Gasteiger partial charge < -0.3 is 5.11 Å². The number of anilines is 1. The van der Waals surface area contributed by atoms with Crippen molar-refractivity contribution in [1.82, 2.24) is 9.78 Å². The number of aromatic carboxylic acids is 1. The van der Waals surface area contributed by atoms with Crippen molar-refractivity contribution in [3.05, 3.63) is 28.9 Å². The Morgan fingerprint density at radius 3 is 2.60 bits per heavy atom. The molecular weight excluding hydrogens is 302 g/mol. The predicted molar refractivity (Wildman–Crippen MR) is 74.8 cm³/mol. The Morgan fingerprint density at radius 1 is 1.50 bits per heavy atom. The zero-order valence-corrected chi connectivity index (χ0v) is 12.7. The molecule has 0 aliphatic rings. The van der Waals surface area contributed by atoms with Crippen LogP contribution in [-0.2, 0) is 17.1 Å². The smallest absolute Gasteiger partial charge is 0.346 e. The Morgan fingerprint density at radius 2 is 2.15 bits per heavy atom. The molecule has 0 fully saturated rings. The van der Waals surface area contributed by atoms with E-state index in [0.29, 0.717) is 11.3 Å². The van der Waals surface area contributed by atoms with Crippen LogP contribution < -0.4 is 4.31 Å². The van der Waals surface area contributed by atoms with Gasteiger partial charge in [-0.15, -0.1) is 11.3 Å². The minimum absolute atomic E-state index is 0.00115. The summed E-state index contributed by atoms with van der Waals surface area (Å²) in [5.41, 5.74) is 0.844. The minimum atomic E-state index is -3.78. The van der Waals surface area contributed by atoms with Gasteiger partial charge in [0.1, 0.15) is 9.09 Å². The molecule has 7 nitrogen and oxygen atoms in total. The Hall–Kier alpha value is -1.87. The summed E-state index contributed by atoms with van der Waals surface area (Å²) >= 11 is 0.748. The monoisotopic (exact) mass is 315 g/mol. The van der Waals surface area contributed by atoms with Gasteiger partial charge in [-0.05, 0) is 18.6 Å². The maximum absolute atomic E-state index is 12.4. The molecule has 0 spiro atoms. The van der Waals surface area contributed by atoms with Crippen LogP contribution in [0.4, 0.5) is 5.69 Å². The molecule has 9 heteroatoms. The fraction of sp³-hybridized carbons (Fsp3) is 0.273. The van der Waals surface area contributed by atoms with E-state index in [0.717, 1.165) is 15.6 Å². The van der Waals surface area contributed by atoms with Gasteiger partial charge >= 0.3 is 5.97 Å². The predicted octanol–water partition coefficient (Wildman–Crippen LogP) is 1.31. The lowest BCUT2D eigenvalue weighted by Crippen LogP contribution is -2.25. The molecule has 108 valence electrons. The quantitative estimate of drug-likeness (QED) is 0.918. The highest BCUT2D eigenvalue weighted by Gasteiger charge is 2.26. The first-order valence-corrected chi connectivity index (χ1v) is 7.80. The second kappa shape index (κ2) is 4.91. The van der Waals surface area contributed by atoms with E-state index in [1.54, 1.807) is 20.2 Å². The average Bonchev–Trinajstić information content (AvgIpc) is 2.94. The van der Waals surface area contributed by atoms with Crippen LogP contribution in [-0.4, -0.2) is 36.3 Å². The molecule has 0 bridgehead atoms. The molecule has 2 aromatic rings. The first kappa shape index (κ1) is 14.5. The fourth-order valence-electron chi connectivity index (χ4n) is 1.64. The average molecular weight is 315 g/mol. The molecular formula is C11H13N3O4S2. The lowest BCUT2D eigenvalue weighted by Gasteiger charge is -2.15. The zero-order chi connectivity index (χ0) is 15.1. The number of thiophene rings is 1. The van der Waals surface area contributed by atoms with E-state index in [1.807, 2.05) is 0 Å². The highest BCUT2D eigenvalue weighted by atomic mass is 32.2. The summed E-state index contributed by atoms with van der Waals surface area (Å²) in [7, 11) is -0.692. The van der Waals surface area contributed by atoms with Crippen LogP contribution in [0.15, 0.2) is 22.7 Å². The SMILES string of the molecule is Cc1cc(S(=O)(=O)N(C)c2cnn(C)c2)sc1C(=O)O. The van der Waals surface area contributed by atoms with E-state index in [-0.39, 0.29) is 9.09 Å². The van der Waals surface area contributed by atoms with Gasteiger partial charge in [0.2, 0.25) is 0 Å². The van der Waals surface area contributed by atoms with Gasteiger partial charge in [0.25, 0.3) is 10.0 Å². The third-order valence-electron chi connectivity index (χ3n) is 2.76. The molecule has 0 saturated carbocycles. The number of aromatic nitrogens is 2. The first-order valence-electron chi connectivity index (χ1n) is 5.55. The Balaban J connectivity index is 2.45. The molecule has 0 saturated heterocycles. The highest BCUT2D eigenvalue weighted by Crippen LogP contribution is 2.30. The second-order valence-corrected chi connectivity index (χ2v) is 7.48. The fourth-order valence-corrected chi connectivity index (χ4v) is 4.36. The van der Waals surface area contributed by atoms with E-state index in [1.165, 1.54) is 24.0 Å². The van der Waals surface area contributed by atoms with E-state index in [2.05, 4.69) is 5.10 Å². The number of aryl methyl sites for hydroxylation is 2. The molecule has 2 rings (SSSR count). The normalized spacial score (nSPS) is 11.6. The summed E-state index contributed by atoms with van der Waals surface area (Å²) in [6.45, 7) is 1.57. The molecule has 0 aliphatic heterocycles. The number of rotatable bonds is 4. The molecule has 0 radical (unpaired) electrons. The highest BCUT2D eigenvalue weighted by molar-refractivity contribution is 7.94. The van der Waals surface area contributed by atoms with Gasteiger partial charge in [-0.25, -0.2) is 13.2 Å². The van der Waals surface area contributed by atoms with Gasteiger partial charge in [0.05, 0.1) is 11.9 Å². The number of hydrogen-bond donors (Lipinski definition) is 1. The summed E-state index contributed by atoms with van der Waals surface area (Å²) < 4.78 is 27.4. The molecule has 0 atom stereocenters. The Kier molecular flexibility index (Phi) is 3.57. The number of carboxylic acid groups (broad SMARTS) is 1. The van der Waals surface area contributed by atoms with Crippen molar-refractivity contribution in [1.29, 1.82) is 0 Å². The number of nitrogens with zero attached hydrogens (tertiary/aromatic N) is 3. The molecule has 2 aromatic heterocycles. The third-order valence-corrected chi connectivity index (χ3v) is 6.22. The summed E-state index contributed by atoms with van der Waals surface area (Å²) in [4.78, 5) is 11.0. The maximum atomic E-state index is 12.4. The lowest BCUT2D eigenvalue weighted by molar-refractivity contribution is 0.0701. The van der Waals surface area contributed by atoms with Crippen molar-refractivity contribution in [3.63, 3.8) is 0 Å². The maximum Gasteiger partial charge on any atom is 0.346 e. The van der Waals surface area contributed by atoms with Gasteiger partial charge in [-0.3, -0.25) is 8.99 Å². The van der Waals surface area contributed by atoms with E-state index >= 15 is 0 Å². The number of hydrogen-bond acceptors (Lipinski definition) is 5. The Labute approximate surface area is 120 Å². The zero-order valence-electron chi connectivity index (χ0n) is 11.1. The molecule has 2 heterocycles. The van der Waals surface area contributed by atoms with Gasteiger partial charge in [-0.1, -0.05) is 0 Å². The standard InChI is InChI=1S/C11H13N3O4S2/c1-7-4-9(19-10(7)11(15)16)20(17,18)14(3)8-5-12-13(2)6-8/h4-6H,1-3H3,(H,15,16). The van der Waals surface area contributed by atoms with Crippen molar-refractivity contribution in [2.45, 2.75) is 11.1 Å². The van der Waals surface area contributed by atoms with Crippen LogP contribution in [0.2, 0.25) is 0 Å². The molecule has 0 amide bonds. The summed E-state index contributed by atoms with van der Waals surface area (Å²) in [5, 5.41) is 12.9. The second-order valence-electron chi connectivity index (χ2n) is 4.23. The molecule has 0 aliphatic carbocycles. The van der Waals surface area contributed by atoms with E-state index in [4.69, 9.17) is 5.11 Å². The topological polar surface area (TPSA) is 92.5 Å². The lowest BCUT2D eigenvalue weighted by atomic mass is 10.3. The summed E-state index contributed by atoms with van der Waals surface area (Å²) in [6, 6.07) is 1.37. The summed E-state index contributed by atoms with van der Waals surface area (Å²) in [5.74, 6) is -1.13.